The molecule has 0 fully saturated rings. The van der Waals surface area contributed by atoms with Crippen molar-refractivity contribution in [1.82, 2.24) is 0 Å². The molecule has 0 saturated carbocycles. The lowest BCUT2D eigenvalue weighted by atomic mass is 10.1. The van der Waals surface area contributed by atoms with E-state index in [1.54, 1.807) is 14.2 Å². The Kier molecular flexibility index (Phi) is 14.1. The van der Waals surface area contributed by atoms with Crippen LogP contribution in [0.1, 0.15) is 38.8 Å². The van der Waals surface area contributed by atoms with Crippen molar-refractivity contribution >= 4 is 29.2 Å². The summed E-state index contributed by atoms with van der Waals surface area (Å²) in [5, 5.41) is 0. The van der Waals surface area contributed by atoms with Crippen LogP contribution in [-0.4, -0.2) is 14.2 Å². The second-order valence-electron chi connectivity index (χ2n) is 8.12. The molecule has 4 aromatic rings. The molecule has 0 aromatic heterocycles. The van der Waals surface area contributed by atoms with Crippen molar-refractivity contribution in [2.75, 3.05) is 19.1 Å². The van der Waals surface area contributed by atoms with Gasteiger partial charge in [0.2, 0.25) is 0 Å². The maximum absolute atomic E-state index is 5.33. The van der Waals surface area contributed by atoms with E-state index in [9.17, 15) is 0 Å². The van der Waals surface area contributed by atoms with Crippen molar-refractivity contribution in [3.63, 3.8) is 0 Å². The standard InChI is InChI=1S/C30H27NO2.C4H8.C2H6/c1-32-29-20-16-27(17-21-29)31(28-18-22-30(33-2)23-19-28)26-14-12-25(13-15-26)11-7-6-10-24-8-4-3-5-9-24;1-3-4-2;1-2/h3-23H,1-2H3;3-4H,1-2H3;1-2H3/b10-6+,11-7+;4-3-;. The second kappa shape index (κ2) is 17.9. The highest BCUT2D eigenvalue weighted by Crippen LogP contribution is 2.36. The van der Waals surface area contributed by atoms with Gasteiger partial charge in [-0.3, -0.25) is 0 Å². The molecule has 0 saturated heterocycles. The van der Waals surface area contributed by atoms with Gasteiger partial charge in [0.25, 0.3) is 0 Å². The van der Waals surface area contributed by atoms with Gasteiger partial charge in [-0.05, 0) is 85.6 Å². The molecule has 0 aliphatic rings. The van der Waals surface area contributed by atoms with Crippen LogP contribution in [0.3, 0.4) is 0 Å². The van der Waals surface area contributed by atoms with Crippen LogP contribution >= 0.6 is 0 Å². The maximum Gasteiger partial charge on any atom is 0.119 e. The number of methoxy groups -OCH3 is 2. The maximum atomic E-state index is 5.33. The summed E-state index contributed by atoms with van der Waals surface area (Å²) in [5.74, 6) is 1.66. The molecule has 0 aliphatic carbocycles. The minimum atomic E-state index is 0.831. The van der Waals surface area contributed by atoms with Crippen LogP contribution in [0.25, 0.3) is 12.2 Å². The van der Waals surface area contributed by atoms with Crippen LogP contribution in [0.4, 0.5) is 17.1 Å². The van der Waals surface area contributed by atoms with Crippen LogP contribution in [0.2, 0.25) is 0 Å². The fraction of sp³-hybridized carbons (Fsp3) is 0.167. The summed E-state index contributed by atoms with van der Waals surface area (Å²) in [6.45, 7) is 8.00. The molecule has 4 rings (SSSR count). The number of hydrogen-bond donors (Lipinski definition) is 0. The molecule has 4 aromatic carbocycles. The van der Waals surface area contributed by atoms with E-state index in [-0.39, 0.29) is 0 Å². The number of allylic oxidation sites excluding steroid dienone is 4. The zero-order chi connectivity index (χ0) is 28.3. The van der Waals surface area contributed by atoms with Gasteiger partial charge in [0, 0.05) is 17.1 Å². The van der Waals surface area contributed by atoms with E-state index < -0.39 is 0 Å². The van der Waals surface area contributed by atoms with E-state index in [1.165, 1.54) is 5.56 Å². The summed E-state index contributed by atoms with van der Waals surface area (Å²) in [4.78, 5) is 2.21. The average molecular weight is 520 g/mol. The summed E-state index contributed by atoms with van der Waals surface area (Å²) in [6.07, 6.45) is 12.3. The van der Waals surface area contributed by atoms with Crippen LogP contribution < -0.4 is 14.4 Å². The zero-order valence-electron chi connectivity index (χ0n) is 24.0. The number of hydrogen-bond acceptors (Lipinski definition) is 3. The molecule has 0 heterocycles. The van der Waals surface area contributed by atoms with Crippen molar-refractivity contribution in [2.24, 2.45) is 0 Å². The topological polar surface area (TPSA) is 21.7 Å². The van der Waals surface area contributed by atoms with Gasteiger partial charge in [-0.25, -0.2) is 0 Å². The fourth-order valence-electron chi connectivity index (χ4n) is 3.54. The van der Waals surface area contributed by atoms with E-state index in [2.05, 4.69) is 89.9 Å². The monoisotopic (exact) mass is 519 g/mol. The average Bonchev–Trinajstić information content (AvgIpc) is 3.02. The third-order valence-electron chi connectivity index (χ3n) is 5.63. The number of anilines is 3. The Morgan fingerprint density at radius 1 is 0.487 bits per heavy atom. The lowest BCUT2D eigenvalue weighted by molar-refractivity contribution is 0.415. The van der Waals surface area contributed by atoms with Crippen molar-refractivity contribution in [2.45, 2.75) is 27.7 Å². The second-order valence-corrected chi connectivity index (χ2v) is 8.12. The molecule has 0 amide bonds. The van der Waals surface area contributed by atoms with Gasteiger partial charge in [0.15, 0.2) is 0 Å². The van der Waals surface area contributed by atoms with Crippen molar-refractivity contribution in [3.8, 4) is 11.5 Å². The SMILES string of the molecule is C/C=C\C.CC.COc1ccc(N(c2ccc(/C=C/C=C/c3ccccc3)cc2)c2ccc(OC)cc2)cc1. The number of ether oxygens (including phenoxy) is 2. The quantitative estimate of drug-likeness (QED) is 0.171. The lowest BCUT2D eigenvalue weighted by Gasteiger charge is -2.26. The summed E-state index contributed by atoms with van der Waals surface area (Å²) in [7, 11) is 3.36. The first-order chi connectivity index (χ1) is 19.2. The van der Waals surface area contributed by atoms with E-state index in [0.29, 0.717) is 0 Å². The van der Waals surface area contributed by atoms with Gasteiger partial charge in [-0.1, -0.05) is 92.8 Å². The van der Waals surface area contributed by atoms with Crippen LogP contribution in [0.5, 0.6) is 11.5 Å². The summed E-state index contributed by atoms with van der Waals surface area (Å²) in [5.41, 5.74) is 5.50. The zero-order valence-corrected chi connectivity index (χ0v) is 24.0. The Hall–Kier alpha value is -4.50. The van der Waals surface area contributed by atoms with Gasteiger partial charge in [0.1, 0.15) is 11.5 Å². The molecule has 3 heteroatoms. The fourth-order valence-corrected chi connectivity index (χ4v) is 3.54. The molecule has 0 spiro atoms. The number of nitrogens with zero attached hydrogens (tertiary/aromatic N) is 1. The smallest absolute Gasteiger partial charge is 0.119 e. The van der Waals surface area contributed by atoms with E-state index in [4.69, 9.17) is 9.47 Å². The third kappa shape index (κ3) is 10.1. The van der Waals surface area contributed by atoms with Gasteiger partial charge < -0.3 is 14.4 Å². The summed E-state index contributed by atoms with van der Waals surface area (Å²) in [6, 6.07) is 34.9. The Balaban J connectivity index is 0.000000815. The normalized spacial score (nSPS) is 10.5. The molecule has 3 nitrogen and oxygen atoms in total. The largest absolute Gasteiger partial charge is 0.497 e. The van der Waals surface area contributed by atoms with Gasteiger partial charge in [-0.15, -0.1) is 0 Å². The van der Waals surface area contributed by atoms with Crippen LogP contribution in [0, 0.1) is 0 Å². The Morgan fingerprint density at radius 3 is 1.21 bits per heavy atom. The third-order valence-corrected chi connectivity index (χ3v) is 5.63. The summed E-state index contributed by atoms with van der Waals surface area (Å²) >= 11 is 0. The molecule has 202 valence electrons. The molecule has 39 heavy (non-hydrogen) atoms. The number of benzene rings is 4. The Labute approximate surface area is 235 Å². The van der Waals surface area contributed by atoms with Gasteiger partial charge in [0.05, 0.1) is 14.2 Å². The molecular weight excluding hydrogens is 478 g/mol. The highest BCUT2D eigenvalue weighted by Gasteiger charge is 2.12. The van der Waals surface area contributed by atoms with Gasteiger partial charge >= 0.3 is 0 Å². The molecular formula is C36H41NO2. The predicted octanol–water partition coefficient (Wildman–Crippen LogP) is 10.5. The Morgan fingerprint density at radius 2 is 0.846 bits per heavy atom. The van der Waals surface area contributed by atoms with Crippen molar-refractivity contribution in [1.29, 1.82) is 0 Å². The predicted molar refractivity (Wildman–Crippen MR) is 171 cm³/mol. The van der Waals surface area contributed by atoms with E-state index in [1.807, 2.05) is 82.3 Å². The molecule has 0 radical (unpaired) electrons. The van der Waals surface area contributed by atoms with Crippen LogP contribution in [0.15, 0.2) is 127 Å². The summed E-state index contributed by atoms with van der Waals surface area (Å²) < 4.78 is 10.7. The minimum absolute atomic E-state index is 0.831. The molecule has 0 atom stereocenters. The van der Waals surface area contributed by atoms with Crippen molar-refractivity contribution in [3.05, 3.63) is 139 Å². The molecule has 0 bridgehead atoms. The van der Waals surface area contributed by atoms with E-state index >= 15 is 0 Å². The van der Waals surface area contributed by atoms with Crippen LogP contribution in [-0.2, 0) is 0 Å². The highest BCUT2D eigenvalue weighted by molar-refractivity contribution is 5.77. The first kappa shape index (κ1) is 30.7. The number of rotatable bonds is 8. The first-order valence-corrected chi connectivity index (χ1v) is 13.3. The minimum Gasteiger partial charge on any atom is -0.497 e. The van der Waals surface area contributed by atoms with E-state index in [0.717, 1.165) is 34.1 Å². The van der Waals surface area contributed by atoms with Gasteiger partial charge in [-0.2, -0.15) is 0 Å². The van der Waals surface area contributed by atoms with Crippen molar-refractivity contribution < 1.29 is 9.47 Å². The molecule has 0 aliphatic heterocycles. The first-order valence-electron chi connectivity index (χ1n) is 13.3. The highest BCUT2D eigenvalue weighted by atomic mass is 16.5. The molecule has 0 N–H and O–H groups in total. The lowest BCUT2D eigenvalue weighted by Crippen LogP contribution is -2.09. The Bertz CT molecular complexity index is 1220. The molecule has 0 unspecified atom stereocenters.